The van der Waals surface area contributed by atoms with Crippen LogP contribution in [0.3, 0.4) is 0 Å². The van der Waals surface area contributed by atoms with Crippen molar-refractivity contribution < 1.29 is 42.9 Å². The van der Waals surface area contributed by atoms with E-state index in [0.717, 1.165) is 9.17 Å². The van der Waals surface area contributed by atoms with Gasteiger partial charge in [-0.3, -0.25) is 0 Å². The van der Waals surface area contributed by atoms with E-state index >= 15 is 0 Å². The molecule has 1 saturated heterocycles. The fraction of sp³-hybridized carbons (Fsp3) is 0.524. The Kier molecular flexibility index (Phi) is 9.29. The zero-order valence-corrected chi connectivity index (χ0v) is 20.3. The van der Waals surface area contributed by atoms with E-state index in [1.165, 1.54) is 27.7 Å². The fourth-order valence-electron chi connectivity index (χ4n) is 3.03. The Morgan fingerprint density at radius 3 is 1.84 bits per heavy atom. The molecule has 1 unspecified atom stereocenters. The minimum atomic E-state index is -1.12. The molecule has 0 N–H and O–H groups in total. The van der Waals surface area contributed by atoms with Gasteiger partial charge in [0.05, 0.1) is 0 Å². The number of hydrogen-bond acceptors (Lipinski definition) is 9. The molecule has 0 radical (unpaired) electrons. The van der Waals surface area contributed by atoms with E-state index in [-0.39, 0.29) is 6.61 Å². The second-order valence-corrected chi connectivity index (χ2v) is 10.3. The van der Waals surface area contributed by atoms with E-state index in [1.807, 2.05) is 31.2 Å². The van der Waals surface area contributed by atoms with Crippen LogP contribution in [0.2, 0.25) is 0 Å². The van der Waals surface area contributed by atoms with Gasteiger partial charge in [-0.15, -0.1) is 0 Å². The molecular formula is C21H26O9Te. The summed E-state index contributed by atoms with van der Waals surface area (Å²) >= 11 is -1.12. The number of carbonyl (C=O) groups is 4. The Morgan fingerprint density at radius 1 is 0.806 bits per heavy atom. The van der Waals surface area contributed by atoms with Gasteiger partial charge in [-0.1, -0.05) is 0 Å². The third-order valence-electron chi connectivity index (χ3n) is 4.22. The van der Waals surface area contributed by atoms with Gasteiger partial charge in [0.1, 0.15) is 0 Å². The van der Waals surface area contributed by atoms with Crippen LogP contribution in [0.1, 0.15) is 33.3 Å². The quantitative estimate of drug-likeness (QED) is 0.271. The van der Waals surface area contributed by atoms with E-state index < -0.39 is 73.4 Å². The number of esters is 4. The molecule has 1 aromatic carbocycles. The van der Waals surface area contributed by atoms with Gasteiger partial charge in [-0.05, 0) is 0 Å². The van der Waals surface area contributed by atoms with E-state index in [0.29, 0.717) is 0 Å². The second-order valence-electron chi connectivity index (χ2n) is 7.00. The molecule has 170 valence electrons. The van der Waals surface area contributed by atoms with Crippen LogP contribution in [0.25, 0.3) is 0 Å². The molecule has 9 nitrogen and oxygen atoms in total. The summed E-state index contributed by atoms with van der Waals surface area (Å²) < 4.78 is 27.9. The molecule has 0 amide bonds. The van der Waals surface area contributed by atoms with Crippen molar-refractivity contribution in [3.8, 4) is 0 Å². The summed E-state index contributed by atoms with van der Waals surface area (Å²) in [6, 6.07) is 7.86. The second kappa shape index (κ2) is 11.5. The normalized spacial score (nSPS) is 25.3. The van der Waals surface area contributed by atoms with Crippen molar-refractivity contribution in [1.82, 2.24) is 0 Å². The van der Waals surface area contributed by atoms with Crippen molar-refractivity contribution in [1.29, 1.82) is 0 Å². The van der Waals surface area contributed by atoms with Gasteiger partial charge in [-0.2, -0.15) is 0 Å². The molecule has 0 saturated carbocycles. The third-order valence-corrected chi connectivity index (χ3v) is 7.52. The maximum atomic E-state index is 11.8. The molecule has 0 bridgehead atoms. The van der Waals surface area contributed by atoms with Crippen LogP contribution in [0, 0.1) is 6.92 Å². The summed E-state index contributed by atoms with van der Waals surface area (Å²) in [6.07, 6.45) is -4.11. The average Bonchev–Trinajstić information content (AvgIpc) is 2.65. The van der Waals surface area contributed by atoms with Gasteiger partial charge in [0.25, 0.3) is 0 Å². The molecule has 1 fully saturated rings. The number of benzene rings is 1. The van der Waals surface area contributed by atoms with Crippen molar-refractivity contribution in [3.05, 3.63) is 29.8 Å². The monoisotopic (exact) mass is 552 g/mol. The molecule has 10 heteroatoms. The first-order valence-electron chi connectivity index (χ1n) is 9.60. The number of carbonyl (C=O) groups excluding carboxylic acids is 4. The molecule has 5 atom stereocenters. The average molecular weight is 550 g/mol. The first-order valence-corrected chi connectivity index (χ1v) is 12.1. The van der Waals surface area contributed by atoms with Crippen LogP contribution < -0.4 is 3.61 Å². The molecule has 1 aliphatic heterocycles. The Labute approximate surface area is 190 Å². The zero-order chi connectivity index (χ0) is 23.1. The maximum absolute atomic E-state index is 11.8. The molecule has 1 heterocycles. The predicted molar refractivity (Wildman–Crippen MR) is 109 cm³/mol. The first kappa shape index (κ1) is 25.1. The van der Waals surface area contributed by atoms with Crippen molar-refractivity contribution >= 4 is 48.4 Å². The van der Waals surface area contributed by atoms with E-state index in [2.05, 4.69) is 0 Å². The Bertz CT molecular complexity index is 808. The van der Waals surface area contributed by atoms with Crippen molar-refractivity contribution in [2.75, 3.05) is 6.61 Å². The number of ether oxygens (including phenoxy) is 5. The molecule has 31 heavy (non-hydrogen) atoms. The molecule has 0 aromatic heterocycles. The summed E-state index contributed by atoms with van der Waals surface area (Å²) in [4.78, 5) is 46.8. The Hall–Kier alpha value is -2.15. The van der Waals surface area contributed by atoms with Crippen LogP contribution in [-0.2, 0) is 42.9 Å². The number of rotatable bonds is 7. The van der Waals surface area contributed by atoms with Crippen LogP contribution in [-0.4, -0.2) is 80.0 Å². The van der Waals surface area contributed by atoms with E-state index in [1.54, 1.807) is 0 Å². The summed E-state index contributed by atoms with van der Waals surface area (Å²) in [6.45, 7) is 6.64. The molecule has 0 aliphatic carbocycles. The Balaban J connectivity index is 2.43. The topological polar surface area (TPSA) is 114 Å². The summed E-state index contributed by atoms with van der Waals surface area (Å²) in [5.74, 6) is -2.41. The minimum absolute atomic E-state index is 0.213. The summed E-state index contributed by atoms with van der Waals surface area (Å²) in [5, 5.41) is 0. The molecule has 1 aliphatic rings. The molecule has 0 spiro atoms. The van der Waals surface area contributed by atoms with Crippen molar-refractivity contribution in [3.63, 3.8) is 0 Å². The van der Waals surface area contributed by atoms with Gasteiger partial charge in [-0.25, -0.2) is 0 Å². The van der Waals surface area contributed by atoms with Crippen molar-refractivity contribution in [2.45, 2.75) is 63.2 Å². The van der Waals surface area contributed by atoms with Crippen LogP contribution in [0.15, 0.2) is 24.3 Å². The summed E-state index contributed by atoms with van der Waals surface area (Å²) in [7, 11) is 0. The standard InChI is InChI=1S/C21H26O9Te/c1-11-6-8-16(9-7-11)31-21-20(29-15(5)25)19(28-14(4)24)18(27-13(3)23)17(30-21)10-26-12(2)22/h6-9,17-21H,10H2,1-5H3/t17-,18-,19+,20-,21?/m1/s1. The van der Waals surface area contributed by atoms with Gasteiger partial charge >= 0.3 is 191 Å². The third kappa shape index (κ3) is 7.80. The fourth-order valence-corrected chi connectivity index (χ4v) is 6.19. The van der Waals surface area contributed by atoms with Crippen molar-refractivity contribution in [2.24, 2.45) is 0 Å². The molecule has 1 aromatic rings. The van der Waals surface area contributed by atoms with Gasteiger partial charge in [0, 0.05) is 0 Å². The van der Waals surface area contributed by atoms with E-state index in [9.17, 15) is 19.2 Å². The van der Waals surface area contributed by atoms with Crippen LogP contribution in [0.5, 0.6) is 0 Å². The molecule has 2 rings (SSSR count). The Morgan fingerprint density at radius 2 is 1.32 bits per heavy atom. The molecular weight excluding hydrogens is 524 g/mol. The van der Waals surface area contributed by atoms with E-state index in [4.69, 9.17) is 23.7 Å². The number of hydrogen-bond donors (Lipinski definition) is 0. The summed E-state index contributed by atoms with van der Waals surface area (Å²) in [5.41, 5.74) is 1.10. The van der Waals surface area contributed by atoms with Gasteiger partial charge in [0.15, 0.2) is 0 Å². The number of aryl methyl sites for hydroxylation is 1. The SMILES string of the molecule is CC(=O)OC[C@H]1OC([Te]c2ccc(C)cc2)[C@H](OC(C)=O)[C@@H](OC(C)=O)[C@@H]1OC(C)=O. The van der Waals surface area contributed by atoms with Gasteiger partial charge in [0.2, 0.25) is 0 Å². The van der Waals surface area contributed by atoms with Gasteiger partial charge < -0.3 is 0 Å². The van der Waals surface area contributed by atoms with Crippen LogP contribution in [0.4, 0.5) is 0 Å². The first-order chi connectivity index (χ1) is 14.6. The van der Waals surface area contributed by atoms with Crippen LogP contribution >= 0.6 is 0 Å². The zero-order valence-electron chi connectivity index (χ0n) is 18.0. The predicted octanol–water partition coefficient (Wildman–Crippen LogP) is 0.408.